The maximum Gasteiger partial charge on any atom is 0.229 e. The third-order valence-corrected chi connectivity index (χ3v) is 7.87. The Hall–Kier alpha value is -2.04. The molecule has 3 saturated heterocycles. The topological polar surface area (TPSA) is 273 Å². The van der Waals surface area contributed by atoms with Gasteiger partial charge in [-0.15, -0.1) is 0 Å². The van der Waals surface area contributed by atoms with Crippen molar-refractivity contribution in [2.24, 2.45) is 0 Å². The second-order valence-corrected chi connectivity index (χ2v) is 10.6. The van der Waals surface area contributed by atoms with Crippen LogP contribution < -0.4 is 4.74 Å². The number of aliphatic hydroxyl groups excluding tert-OH is 10. The maximum absolute atomic E-state index is 10.9. The number of aromatic nitrogens is 1. The van der Waals surface area contributed by atoms with Gasteiger partial charge in [0.05, 0.1) is 19.8 Å². The Morgan fingerprint density at radius 3 is 1.65 bits per heavy atom. The monoisotopic (exact) mass is 619 g/mol. The third kappa shape index (κ3) is 6.25. The van der Waals surface area contributed by atoms with Gasteiger partial charge in [-0.1, -0.05) is 12.1 Å². The summed E-state index contributed by atoms with van der Waals surface area (Å²) in [5.41, 5.74) is 0.748. The molecule has 5 rings (SSSR count). The molecule has 3 aliphatic rings. The molecule has 0 amide bonds. The summed E-state index contributed by atoms with van der Waals surface area (Å²) in [6.07, 6.45) is -23.1. The first-order valence-electron chi connectivity index (χ1n) is 13.7. The first-order chi connectivity index (χ1) is 20.6. The van der Waals surface area contributed by atoms with Gasteiger partial charge in [-0.25, -0.2) is 0 Å². The fraction of sp³-hybridized carbons (Fsp3) is 0.692. The van der Waals surface area contributed by atoms with E-state index in [1.54, 1.807) is 18.2 Å². The van der Waals surface area contributed by atoms with Gasteiger partial charge in [-0.3, -0.25) is 0 Å². The molecule has 1 aromatic carbocycles. The quantitative estimate of drug-likeness (QED) is 0.125. The number of para-hydroxylation sites is 1. The summed E-state index contributed by atoms with van der Waals surface area (Å²) in [7, 11) is 0. The largest absolute Gasteiger partial charge is 0.460 e. The van der Waals surface area contributed by atoms with Gasteiger partial charge in [0, 0.05) is 17.1 Å². The molecule has 3 aliphatic heterocycles. The molecule has 0 aliphatic carbocycles. The molecule has 17 heteroatoms. The van der Waals surface area contributed by atoms with Gasteiger partial charge in [-0.2, -0.15) is 0 Å². The van der Waals surface area contributed by atoms with Crippen LogP contribution in [0.15, 0.2) is 30.5 Å². The van der Waals surface area contributed by atoms with Gasteiger partial charge < -0.3 is 84.5 Å². The molecule has 4 heterocycles. The molecule has 0 radical (unpaired) electrons. The first-order valence-corrected chi connectivity index (χ1v) is 13.7. The van der Waals surface area contributed by atoms with Crippen LogP contribution >= 0.6 is 0 Å². The normalized spacial score (nSPS) is 44.0. The van der Waals surface area contributed by atoms with E-state index < -0.39 is 112 Å². The van der Waals surface area contributed by atoms with E-state index in [0.717, 1.165) is 5.52 Å². The fourth-order valence-corrected chi connectivity index (χ4v) is 5.41. The molecule has 0 spiro atoms. The summed E-state index contributed by atoms with van der Waals surface area (Å²) in [4.78, 5) is 3.00. The van der Waals surface area contributed by atoms with Crippen molar-refractivity contribution in [3.8, 4) is 5.75 Å². The van der Waals surface area contributed by atoms with Crippen molar-refractivity contribution in [3.63, 3.8) is 0 Å². The van der Waals surface area contributed by atoms with Crippen LogP contribution in [0.3, 0.4) is 0 Å². The van der Waals surface area contributed by atoms with Crippen molar-refractivity contribution in [3.05, 3.63) is 30.5 Å². The summed E-state index contributed by atoms with van der Waals surface area (Å²) in [5.74, 6) is 0.313. The van der Waals surface area contributed by atoms with Gasteiger partial charge in [0.1, 0.15) is 79.0 Å². The Kier molecular flexibility index (Phi) is 10.2. The zero-order valence-corrected chi connectivity index (χ0v) is 22.6. The molecular weight excluding hydrogens is 582 g/mol. The standard InChI is InChI=1S/C26H37NO16/c28-6-12-15(31)16(32)19(35)25(39-12)42-23-14(8-30)41-26(21(37)18(23)34)43-22-13(7-29)40-24(20(36)17(22)33)38-11-5-27-10-4-2-1-3-9(10)11/h1-5,12-37H,6-8H2/t12?,13?,14?,15-,16+,17-,18-,19?,20?,21?,22-,23-,24-,25+,26+/m1/s1. The second-order valence-electron chi connectivity index (χ2n) is 10.6. The maximum atomic E-state index is 10.9. The Labute approximate surface area is 243 Å². The molecule has 0 bridgehead atoms. The minimum Gasteiger partial charge on any atom is -0.460 e. The molecule has 0 saturated carbocycles. The summed E-state index contributed by atoms with van der Waals surface area (Å²) in [6.45, 7) is -2.28. The molecular formula is C26H37NO16. The van der Waals surface area contributed by atoms with Crippen molar-refractivity contribution in [1.82, 2.24) is 4.98 Å². The van der Waals surface area contributed by atoms with Crippen molar-refractivity contribution < 1.29 is 79.5 Å². The molecule has 242 valence electrons. The van der Waals surface area contributed by atoms with Crippen molar-refractivity contribution in [1.29, 1.82) is 0 Å². The van der Waals surface area contributed by atoms with E-state index in [4.69, 9.17) is 28.4 Å². The summed E-state index contributed by atoms with van der Waals surface area (Å²) in [5, 5.41) is 104. The number of benzene rings is 1. The zero-order valence-electron chi connectivity index (χ0n) is 22.6. The highest BCUT2D eigenvalue weighted by Crippen LogP contribution is 2.34. The molecule has 1 aromatic heterocycles. The summed E-state index contributed by atoms with van der Waals surface area (Å²) < 4.78 is 33.5. The van der Waals surface area contributed by atoms with Crippen LogP contribution in [0.1, 0.15) is 0 Å². The van der Waals surface area contributed by atoms with Crippen LogP contribution in [0.2, 0.25) is 0 Å². The molecule has 15 atom stereocenters. The molecule has 3 fully saturated rings. The van der Waals surface area contributed by atoms with Gasteiger partial charge >= 0.3 is 0 Å². The highest BCUT2D eigenvalue weighted by atomic mass is 16.8. The van der Waals surface area contributed by atoms with Gasteiger partial charge in [0.2, 0.25) is 6.29 Å². The van der Waals surface area contributed by atoms with Crippen LogP contribution in [0, 0.1) is 0 Å². The average Bonchev–Trinajstić information content (AvgIpc) is 3.42. The Morgan fingerprint density at radius 1 is 0.581 bits per heavy atom. The summed E-state index contributed by atoms with van der Waals surface area (Å²) in [6, 6.07) is 7.16. The fourth-order valence-electron chi connectivity index (χ4n) is 5.41. The Balaban J connectivity index is 1.26. The smallest absolute Gasteiger partial charge is 0.229 e. The number of nitrogens with one attached hydrogen (secondary N) is 1. The molecule has 11 N–H and O–H groups in total. The van der Waals surface area contributed by atoms with Crippen molar-refractivity contribution >= 4 is 10.9 Å². The lowest BCUT2D eigenvalue weighted by Crippen LogP contribution is -2.66. The van der Waals surface area contributed by atoms with Crippen molar-refractivity contribution in [2.45, 2.75) is 92.1 Å². The zero-order chi connectivity index (χ0) is 31.0. The SMILES string of the molecule is OCC1O[C@@H](O[C@@H]2C(CO)O[C@@H](O[C@@H]3C(CO)O[C@@H](Oc4c[nH]c5ccccc45)C(O)[C@H]3O)C(O)[C@H]2O)C(O)[C@@H](O)[C@@H]1O. The van der Waals surface area contributed by atoms with Crippen molar-refractivity contribution in [2.75, 3.05) is 19.8 Å². The number of aromatic amines is 1. The Bertz CT molecular complexity index is 1180. The van der Waals surface area contributed by atoms with Crippen LogP contribution in [0.5, 0.6) is 5.75 Å². The molecule has 6 unspecified atom stereocenters. The second kappa shape index (κ2) is 13.5. The van der Waals surface area contributed by atoms with E-state index in [2.05, 4.69) is 4.98 Å². The number of rotatable bonds is 9. The van der Waals surface area contributed by atoms with E-state index in [0.29, 0.717) is 11.1 Å². The van der Waals surface area contributed by atoms with E-state index in [1.165, 1.54) is 6.20 Å². The summed E-state index contributed by atoms with van der Waals surface area (Å²) >= 11 is 0. The number of ether oxygens (including phenoxy) is 6. The lowest BCUT2D eigenvalue weighted by Gasteiger charge is -2.48. The predicted octanol–water partition coefficient (Wildman–Crippen LogP) is -5.00. The van der Waals surface area contributed by atoms with Crippen LogP contribution in [-0.2, 0) is 23.7 Å². The van der Waals surface area contributed by atoms with Gasteiger partial charge in [0.15, 0.2) is 12.6 Å². The highest BCUT2D eigenvalue weighted by Gasteiger charge is 2.53. The number of H-pyrrole nitrogens is 1. The van der Waals surface area contributed by atoms with Gasteiger partial charge in [0.25, 0.3) is 0 Å². The molecule has 2 aromatic rings. The Morgan fingerprint density at radius 2 is 1.07 bits per heavy atom. The first kappa shape index (κ1) is 32.4. The number of aliphatic hydroxyl groups is 10. The van der Waals surface area contributed by atoms with Crippen LogP contribution in [-0.4, -0.2) is 168 Å². The number of hydrogen-bond acceptors (Lipinski definition) is 16. The average molecular weight is 620 g/mol. The van der Waals surface area contributed by atoms with E-state index in [1.807, 2.05) is 6.07 Å². The van der Waals surface area contributed by atoms with E-state index in [9.17, 15) is 51.1 Å². The lowest BCUT2D eigenvalue weighted by atomic mass is 9.96. The molecule has 43 heavy (non-hydrogen) atoms. The van der Waals surface area contributed by atoms with E-state index in [-0.39, 0.29) is 0 Å². The van der Waals surface area contributed by atoms with Crippen LogP contribution in [0.4, 0.5) is 0 Å². The minimum atomic E-state index is -1.92. The number of fused-ring (bicyclic) bond motifs is 1. The predicted molar refractivity (Wildman–Crippen MR) is 138 cm³/mol. The minimum absolute atomic E-state index is 0.313. The van der Waals surface area contributed by atoms with Gasteiger partial charge in [-0.05, 0) is 12.1 Å². The highest BCUT2D eigenvalue weighted by molar-refractivity contribution is 5.85. The lowest BCUT2D eigenvalue weighted by molar-refractivity contribution is -0.376. The van der Waals surface area contributed by atoms with Crippen LogP contribution in [0.25, 0.3) is 10.9 Å². The third-order valence-electron chi connectivity index (χ3n) is 7.87. The molecule has 17 nitrogen and oxygen atoms in total. The number of hydrogen-bond donors (Lipinski definition) is 11. The van der Waals surface area contributed by atoms with E-state index >= 15 is 0 Å².